The molecule has 0 fully saturated rings. The van der Waals surface area contributed by atoms with Gasteiger partial charge < -0.3 is 11.1 Å². The van der Waals surface area contributed by atoms with Crippen molar-refractivity contribution in [2.45, 2.75) is 18.1 Å². The molecule has 1 aromatic carbocycles. The Labute approximate surface area is 125 Å². The van der Waals surface area contributed by atoms with Crippen LogP contribution in [0.25, 0.3) is 0 Å². The van der Waals surface area contributed by atoms with E-state index in [0.29, 0.717) is 10.2 Å². The molecular weight excluding hydrogens is 298 g/mol. The lowest BCUT2D eigenvalue weighted by Gasteiger charge is -2.13. The smallest absolute Gasteiger partial charge is 0.230 e. The Morgan fingerprint density at radius 2 is 2.20 bits per heavy atom. The van der Waals surface area contributed by atoms with Crippen molar-refractivity contribution in [3.63, 3.8) is 0 Å². The van der Waals surface area contributed by atoms with E-state index in [9.17, 15) is 4.79 Å². The fourth-order valence-corrected chi connectivity index (χ4v) is 2.31. The number of anilines is 1. The summed E-state index contributed by atoms with van der Waals surface area (Å²) in [5.74, 6) is 0.373. The zero-order chi connectivity index (χ0) is 14.5. The van der Waals surface area contributed by atoms with Crippen LogP contribution in [0.4, 0.5) is 5.95 Å². The second kappa shape index (κ2) is 6.62. The second-order valence-corrected chi connectivity index (χ2v) is 5.51. The number of nitrogens with one attached hydrogen (secondary N) is 2. The van der Waals surface area contributed by atoms with Crippen molar-refractivity contribution in [3.8, 4) is 0 Å². The summed E-state index contributed by atoms with van der Waals surface area (Å²) in [6.45, 7) is 1.91. The molecule has 6 nitrogen and oxygen atoms in total. The number of nitrogens with zero attached hydrogens (tertiary/aromatic N) is 2. The van der Waals surface area contributed by atoms with Crippen LogP contribution in [0.2, 0.25) is 5.02 Å². The first-order valence-electron chi connectivity index (χ1n) is 5.90. The molecule has 0 bridgehead atoms. The van der Waals surface area contributed by atoms with Crippen molar-refractivity contribution < 1.29 is 4.79 Å². The topological polar surface area (TPSA) is 96.7 Å². The van der Waals surface area contributed by atoms with Gasteiger partial charge in [-0.3, -0.25) is 4.79 Å². The maximum absolute atomic E-state index is 11.8. The van der Waals surface area contributed by atoms with Gasteiger partial charge in [0.1, 0.15) is 0 Å². The average Bonchev–Trinajstić information content (AvgIpc) is 2.83. The summed E-state index contributed by atoms with van der Waals surface area (Å²) in [5.41, 5.74) is 6.40. The van der Waals surface area contributed by atoms with Crippen molar-refractivity contribution in [1.82, 2.24) is 20.5 Å². The monoisotopic (exact) mass is 311 g/mol. The number of benzene rings is 1. The molecule has 0 saturated heterocycles. The van der Waals surface area contributed by atoms with Gasteiger partial charge in [0, 0.05) is 5.02 Å². The average molecular weight is 312 g/mol. The fourth-order valence-electron chi connectivity index (χ4n) is 1.57. The summed E-state index contributed by atoms with van der Waals surface area (Å²) in [4.78, 5) is 15.7. The Morgan fingerprint density at radius 1 is 1.50 bits per heavy atom. The number of amides is 1. The Hall–Kier alpha value is -1.73. The SMILES string of the molecule is C[C@H](NC(=O)CSc1n[nH]c(N)n1)c1ccc(Cl)cc1. The van der Waals surface area contributed by atoms with E-state index in [1.807, 2.05) is 19.1 Å². The van der Waals surface area contributed by atoms with Crippen LogP contribution >= 0.6 is 23.4 Å². The van der Waals surface area contributed by atoms with Gasteiger partial charge in [0.15, 0.2) is 0 Å². The van der Waals surface area contributed by atoms with Crippen LogP contribution in [0.15, 0.2) is 29.4 Å². The number of H-pyrrole nitrogens is 1. The molecule has 1 atom stereocenters. The third-order valence-corrected chi connectivity index (χ3v) is 3.66. The van der Waals surface area contributed by atoms with Gasteiger partial charge in [-0.05, 0) is 24.6 Å². The molecule has 0 unspecified atom stereocenters. The van der Waals surface area contributed by atoms with E-state index in [4.69, 9.17) is 17.3 Å². The van der Waals surface area contributed by atoms with Gasteiger partial charge in [-0.2, -0.15) is 4.98 Å². The number of rotatable bonds is 5. The normalized spacial score (nSPS) is 12.1. The number of hydrogen-bond acceptors (Lipinski definition) is 5. The van der Waals surface area contributed by atoms with E-state index in [1.165, 1.54) is 11.8 Å². The Balaban J connectivity index is 1.83. The number of halogens is 1. The zero-order valence-corrected chi connectivity index (χ0v) is 12.3. The maximum atomic E-state index is 11.8. The molecule has 0 spiro atoms. The van der Waals surface area contributed by atoms with Crippen LogP contribution in [0, 0.1) is 0 Å². The molecule has 2 rings (SSSR count). The number of thioether (sulfide) groups is 1. The van der Waals surface area contributed by atoms with Crippen LogP contribution in [0.1, 0.15) is 18.5 Å². The molecule has 2 aromatic rings. The highest BCUT2D eigenvalue weighted by molar-refractivity contribution is 7.99. The van der Waals surface area contributed by atoms with E-state index in [1.54, 1.807) is 12.1 Å². The van der Waals surface area contributed by atoms with E-state index in [-0.39, 0.29) is 23.7 Å². The van der Waals surface area contributed by atoms with Crippen LogP contribution in [-0.2, 0) is 4.79 Å². The van der Waals surface area contributed by atoms with Gasteiger partial charge >= 0.3 is 0 Å². The Kier molecular flexibility index (Phi) is 4.86. The predicted molar refractivity (Wildman–Crippen MR) is 79.5 cm³/mol. The highest BCUT2D eigenvalue weighted by atomic mass is 35.5. The van der Waals surface area contributed by atoms with Gasteiger partial charge in [-0.1, -0.05) is 35.5 Å². The predicted octanol–water partition coefficient (Wildman–Crippen LogP) is 2.01. The van der Waals surface area contributed by atoms with Crippen LogP contribution in [0.3, 0.4) is 0 Å². The molecule has 20 heavy (non-hydrogen) atoms. The first-order chi connectivity index (χ1) is 9.54. The maximum Gasteiger partial charge on any atom is 0.230 e. The fraction of sp³-hybridized carbons (Fsp3) is 0.250. The Bertz CT molecular complexity index is 586. The van der Waals surface area contributed by atoms with Crippen molar-refractivity contribution in [2.75, 3.05) is 11.5 Å². The van der Waals surface area contributed by atoms with Crippen molar-refractivity contribution in [2.24, 2.45) is 0 Å². The molecule has 8 heteroatoms. The van der Waals surface area contributed by atoms with Gasteiger partial charge in [-0.25, -0.2) is 5.10 Å². The summed E-state index contributed by atoms with van der Waals surface area (Å²) in [5, 5.41) is 10.4. The molecular formula is C12H14ClN5OS. The second-order valence-electron chi connectivity index (χ2n) is 4.13. The molecule has 106 valence electrons. The Morgan fingerprint density at radius 3 is 2.80 bits per heavy atom. The molecule has 4 N–H and O–H groups in total. The lowest BCUT2D eigenvalue weighted by atomic mass is 10.1. The van der Waals surface area contributed by atoms with Gasteiger partial charge in [0.2, 0.25) is 17.0 Å². The molecule has 0 aliphatic heterocycles. The van der Waals surface area contributed by atoms with Crippen molar-refractivity contribution in [3.05, 3.63) is 34.9 Å². The van der Waals surface area contributed by atoms with E-state index in [0.717, 1.165) is 5.56 Å². The molecule has 1 aromatic heterocycles. The van der Waals surface area contributed by atoms with E-state index in [2.05, 4.69) is 20.5 Å². The lowest BCUT2D eigenvalue weighted by Crippen LogP contribution is -2.28. The van der Waals surface area contributed by atoms with Gasteiger partial charge in [-0.15, -0.1) is 5.10 Å². The van der Waals surface area contributed by atoms with Crippen molar-refractivity contribution >= 4 is 35.2 Å². The first-order valence-corrected chi connectivity index (χ1v) is 7.26. The van der Waals surface area contributed by atoms with Gasteiger partial charge in [0.25, 0.3) is 0 Å². The highest BCUT2D eigenvalue weighted by Crippen LogP contribution is 2.17. The van der Waals surface area contributed by atoms with Crippen LogP contribution in [-0.4, -0.2) is 26.8 Å². The largest absolute Gasteiger partial charge is 0.368 e. The number of nitrogens with two attached hydrogens (primary N) is 1. The number of hydrogen-bond donors (Lipinski definition) is 3. The first kappa shape index (κ1) is 14.7. The number of aromatic amines is 1. The number of carbonyl (C=O) groups excluding carboxylic acids is 1. The molecule has 0 aliphatic carbocycles. The number of carbonyl (C=O) groups is 1. The highest BCUT2D eigenvalue weighted by Gasteiger charge is 2.11. The third kappa shape index (κ3) is 4.14. The quantitative estimate of drug-likeness (QED) is 0.734. The molecule has 0 radical (unpaired) electrons. The zero-order valence-electron chi connectivity index (χ0n) is 10.8. The van der Waals surface area contributed by atoms with E-state index >= 15 is 0 Å². The van der Waals surface area contributed by atoms with Crippen molar-refractivity contribution in [1.29, 1.82) is 0 Å². The summed E-state index contributed by atoms with van der Waals surface area (Å²) >= 11 is 7.05. The third-order valence-electron chi connectivity index (χ3n) is 2.56. The molecule has 1 amide bonds. The standard InChI is InChI=1S/C12H14ClN5OS/c1-7(8-2-4-9(13)5-3-8)15-10(19)6-20-12-16-11(14)17-18-12/h2-5,7H,6H2,1H3,(H,15,19)(H3,14,16,17,18)/t7-/m0/s1. The van der Waals surface area contributed by atoms with E-state index < -0.39 is 0 Å². The number of aromatic nitrogens is 3. The lowest BCUT2D eigenvalue weighted by molar-refractivity contribution is -0.119. The minimum absolute atomic E-state index is 0.0856. The summed E-state index contributed by atoms with van der Waals surface area (Å²) in [6.07, 6.45) is 0. The summed E-state index contributed by atoms with van der Waals surface area (Å²) < 4.78 is 0. The minimum Gasteiger partial charge on any atom is -0.368 e. The van der Waals surface area contributed by atoms with Crippen LogP contribution < -0.4 is 11.1 Å². The van der Waals surface area contributed by atoms with Gasteiger partial charge in [0.05, 0.1) is 11.8 Å². The summed E-state index contributed by atoms with van der Waals surface area (Å²) in [7, 11) is 0. The molecule has 0 aliphatic rings. The molecule has 1 heterocycles. The number of nitrogen functional groups attached to an aromatic ring is 1. The summed E-state index contributed by atoms with van der Waals surface area (Å²) in [6, 6.07) is 7.28. The molecule has 0 saturated carbocycles. The minimum atomic E-state index is -0.0965. The van der Waals surface area contributed by atoms with Crippen LogP contribution in [0.5, 0.6) is 0 Å².